The number of nitrogens with zero attached hydrogens (tertiary/aromatic N) is 1. The molecule has 0 bridgehead atoms. The molecule has 9 heavy (non-hydrogen) atoms. The lowest BCUT2D eigenvalue weighted by Gasteiger charge is -2.09. The fourth-order valence-electron chi connectivity index (χ4n) is 0.633. The summed E-state index contributed by atoms with van der Waals surface area (Å²) in [6.07, 6.45) is 0.567. The van der Waals surface area contributed by atoms with Crippen molar-refractivity contribution in [2.45, 2.75) is 12.5 Å². The third-order valence-corrected chi connectivity index (χ3v) is 1.20. The molecule has 0 aromatic heterocycles. The van der Waals surface area contributed by atoms with E-state index in [4.69, 9.17) is 5.26 Å². The Morgan fingerprint density at radius 3 is 2.56 bits per heavy atom. The van der Waals surface area contributed by atoms with E-state index in [9.17, 15) is 0 Å². The van der Waals surface area contributed by atoms with Gasteiger partial charge in [0.05, 0.1) is 12.5 Å². The number of nitrogens with one attached hydrogen (secondary N) is 2. The largest absolute Gasteiger partial charge is 0.318 e. The van der Waals surface area contributed by atoms with E-state index < -0.39 is 0 Å². The molecule has 0 saturated heterocycles. The average Bonchev–Trinajstić information content (AvgIpc) is 1.88. The van der Waals surface area contributed by atoms with E-state index in [2.05, 4.69) is 16.7 Å². The maximum Gasteiger partial charge on any atom is 0.0638 e. The molecular formula is C6H13N3. The Labute approximate surface area is 56.1 Å². The van der Waals surface area contributed by atoms with Gasteiger partial charge in [-0.1, -0.05) is 0 Å². The highest BCUT2D eigenvalue weighted by atomic mass is 14.9. The van der Waals surface area contributed by atoms with Crippen LogP contribution in [-0.4, -0.2) is 26.7 Å². The molecule has 1 unspecified atom stereocenters. The van der Waals surface area contributed by atoms with Gasteiger partial charge >= 0.3 is 0 Å². The molecule has 0 aromatic carbocycles. The Hall–Kier alpha value is -0.590. The maximum absolute atomic E-state index is 8.28. The molecular weight excluding hydrogens is 114 g/mol. The molecule has 1 atom stereocenters. The summed E-state index contributed by atoms with van der Waals surface area (Å²) in [4.78, 5) is 0. The lowest BCUT2D eigenvalue weighted by Crippen LogP contribution is -2.34. The van der Waals surface area contributed by atoms with E-state index in [0.717, 1.165) is 6.54 Å². The normalized spacial score (nSPS) is 12.6. The second kappa shape index (κ2) is 5.54. The van der Waals surface area contributed by atoms with Gasteiger partial charge in [-0.15, -0.1) is 0 Å². The van der Waals surface area contributed by atoms with Crippen molar-refractivity contribution < 1.29 is 0 Å². The van der Waals surface area contributed by atoms with E-state index in [1.165, 1.54) is 0 Å². The van der Waals surface area contributed by atoms with Crippen LogP contribution < -0.4 is 10.6 Å². The minimum absolute atomic E-state index is 0.292. The van der Waals surface area contributed by atoms with Crippen molar-refractivity contribution in [1.29, 1.82) is 5.26 Å². The molecule has 0 heterocycles. The Kier molecular flexibility index (Phi) is 5.18. The molecule has 0 aliphatic heterocycles. The summed E-state index contributed by atoms with van der Waals surface area (Å²) in [7, 11) is 3.74. The minimum atomic E-state index is 0.292. The Morgan fingerprint density at radius 1 is 1.56 bits per heavy atom. The van der Waals surface area contributed by atoms with Crippen LogP contribution in [0, 0.1) is 11.3 Å². The summed E-state index contributed by atoms with van der Waals surface area (Å²) >= 11 is 0. The molecule has 0 radical (unpaired) electrons. The molecule has 0 aromatic rings. The zero-order valence-electron chi connectivity index (χ0n) is 5.94. The van der Waals surface area contributed by atoms with Crippen molar-refractivity contribution >= 4 is 0 Å². The van der Waals surface area contributed by atoms with Gasteiger partial charge in [0.15, 0.2) is 0 Å². The summed E-state index contributed by atoms with van der Waals surface area (Å²) < 4.78 is 0. The van der Waals surface area contributed by atoms with Crippen molar-refractivity contribution in [2.75, 3.05) is 20.6 Å². The van der Waals surface area contributed by atoms with Gasteiger partial charge in [0.2, 0.25) is 0 Å². The van der Waals surface area contributed by atoms with E-state index in [-0.39, 0.29) is 0 Å². The fraction of sp³-hybridized carbons (Fsp3) is 0.833. The molecule has 0 spiro atoms. The van der Waals surface area contributed by atoms with Gasteiger partial charge in [-0.2, -0.15) is 5.26 Å². The highest BCUT2D eigenvalue weighted by Gasteiger charge is 2.00. The second-order valence-electron chi connectivity index (χ2n) is 1.91. The first-order valence-corrected chi connectivity index (χ1v) is 3.04. The lowest BCUT2D eigenvalue weighted by atomic mass is 10.2. The van der Waals surface area contributed by atoms with Gasteiger partial charge < -0.3 is 10.6 Å². The maximum atomic E-state index is 8.28. The minimum Gasteiger partial charge on any atom is -0.318 e. The lowest BCUT2D eigenvalue weighted by molar-refractivity contribution is 0.542. The Balaban J connectivity index is 3.32. The summed E-state index contributed by atoms with van der Waals surface area (Å²) in [5.74, 6) is 0. The van der Waals surface area contributed by atoms with Crippen LogP contribution in [-0.2, 0) is 0 Å². The Morgan fingerprint density at radius 2 is 2.22 bits per heavy atom. The van der Waals surface area contributed by atoms with Crippen molar-refractivity contribution in [3.63, 3.8) is 0 Å². The van der Waals surface area contributed by atoms with Crippen LogP contribution in [0.3, 0.4) is 0 Å². The third kappa shape index (κ3) is 3.95. The van der Waals surface area contributed by atoms with Crippen molar-refractivity contribution in [3.05, 3.63) is 0 Å². The zero-order valence-corrected chi connectivity index (χ0v) is 5.94. The summed E-state index contributed by atoms with van der Waals surface area (Å²) in [5.41, 5.74) is 0. The van der Waals surface area contributed by atoms with Crippen LogP contribution in [0.1, 0.15) is 6.42 Å². The first-order chi connectivity index (χ1) is 4.35. The highest BCUT2D eigenvalue weighted by Crippen LogP contribution is 1.84. The molecule has 3 nitrogen and oxygen atoms in total. The molecule has 2 N–H and O–H groups in total. The molecule has 0 rings (SSSR count). The standard InChI is InChI=1S/C6H13N3/c1-8-5-6(9-2)3-4-7/h6,8-9H,3,5H2,1-2H3. The smallest absolute Gasteiger partial charge is 0.0638 e. The molecule has 0 aliphatic carbocycles. The quantitative estimate of drug-likeness (QED) is 0.545. The average molecular weight is 127 g/mol. The van der Waals surface area contributed by atoms with Gasteiger partial charge in [0, 0.05) is 12.6 Å². The topological polar surface area (TPSA) is 47.9 Å². The van der Waals surface area contributed by atoms with Gasteiger partial charge in [-0.25, -0.2) is 0 Å². The van der Waals surface area contributed by atoms with Crippen molar-refractivity contribution in [3.8, 4) is 6.07 Å². The molecule has 0 fully saturated rings. The molecule has 0 saturated carbocycles. The van der Waals surface area contributed by atoms with Gasteiger partial charge in [0.25, 0.3) is 0 Å². The fourth-order valence-corrected chi connectivity index (χ4v) is 0.633. The van der Waals surface area contributed by atoms with Crippen LogP contribution in [0.25, 0.3) is 0 Å². The first-order valence-electron chi connectivity index (χ1n) is 3.04. The van der Waals surface area contributed by atoms with Crippen molar-refractivity contribution in [2.24, 2.45) is 0 Å². The predicted molar refractivity (Wildman–Crippen MR) is 37.0 cm³/mol. The van der Waals surface area contributed by atoms with E-state index in [1.54, 1.807) is 0 Å². The van der Waals surface area contributed by atoms with Crippen LogP contribution in [0.4, 0.5) is 0 Å². The first kappa shape index (κ1) is 8.41. The van der Waals surface area contributed by atoms with Crippen LogP contribution in [0.2, 0.25) is 0 Å². The van der Waals surface area contributed by atoms with E-state index in [0.29, 0.717) is 12.5 Å². The zero-order chi connectivity index (χ0) is 7.11. The van der Waals surface area contributed by atoms with E-state index in [1.807, 2.05) is 14.1 Å². The Bertz CT molecular complexity index is 95.0. The van der Waals surface area contributed by atoms with Crippen LogP contribution in [0.15, 0.2) is 0 Å². The van der Waals surface area contributed by atoms with Crippen molar-refractivity contribution in [1.82, 2.24) is 10.6 Å². The number of likely N-dealkylation sites (N-methyl/N-ethyl adjacent to an activating group) is 2. The molecule has 52 valence electrons. The number of hydrogen-bond acceptors (Lipinski definition) is 3. The van der Waals surface area contributed by atoms with Gasteiger partial charge in [0.1, 0.15) is 0 Å². The number of hydrogen-bond donors (Lipinski definition) is 2. The highest BCUT2D eigenvalue weighted by molar-refractivity contribution is 4.80. The van der Waals surface area contributed by atoms with Gasteiger partial charge in [-0.3, -0.25) is 0 Å². The summed E-state index contributed by atoms with van der Waals surface area (Å²) in [6, 6.07) is 2.39. The monoisotopic (exact) mass is 127 g/mol. The predicted octanol–water partition coefficient (Wildman–Crippen LogP) is -0.293. The second-order valence-corrected chi connectivity index (χ2v) is 1.91. The molecule has 0 aliphatic rings. The third-order valence-electron chi connectivity index (χ3n) is 1.20. The van der Waals surface area contributed by atoms with Crippen LogP contribution >= 0.6 is 0 Å². The molecule has 3 heteroatoms. The number of rotatable bonds is 4. The van der Waals surface area contributed by atoms with E-state index >= 15 is 0 Å². The summed E-state index contributed by atoms with van der Waals surface area (Å²) in [6.45, 7) is 0.851. The SMILES string of the molecule is CNCC(CC#N)NC. The number of nitriles is 1. The van der Waals surface area contributed by atoms with Crippen LogP contribution in [0.5, 0.6) is 0 Å². The summed E-state index contributed by atoms with van der Waals surface area (Å²) in [5, 5.41) is 14.3. The molecule has 0 amide bonds. The van der Waals surface area contributed by atoms with Gasteiger partial charge in [-0.05, 0) is 14.1 Å².